The van der Waals surface area contributed by atoms with Crippen molar-refractivity contribution < 1.29 is 14.0 Å². The van der Waals surface area contributed by atoms with Gasteiger partial charge in [0.15, 0.2) is 0 Å². The van der Waals surface area contributed by atoms with E-state index in [1.54, 1.807) is 41.4 Å². The Bertz CT molecular complexity index is 786. The second kappa shape index (κ2) is 10.0. The van der Waals surface area contributed by atoms with Gasteiger partial charge >= 0.3 is 0 Å². The lowest BCUT2D eigenvalue weighted by molar-refractivity contribution is -0.140. The Kier molecular flexibility index (Phi) is 7.73. The minimum atomic E-state index is -0.309. The lowest BCUT2D eigenvalue weighted by Crippen LogP contribution is -2.42. The third-order valence-corrected chi connectivity index (χ3v) is 5.28. The zero-order valence-corrected chi connectivity index (χ0v) is 16.6. The highest BCUT2D eigenvalue weighted by atomic mass is 32.1. The van der Waals surface area contributed by atoms with Gasteiger partial charge in [0.2, 0.25) is 11.8 Å². The lowest BCUT2D eigenvalue weighted by Gasteiger charge is -2.27. The average Bonchev–Trinajstić information content (AvgIpc) is 3.06. The van der Waals surface area contributed by atoms with Gasteiger partial charge < -0.3 is 9.80 Å². The van der Waals surface area contributed by atoms with Gasteiger partial charge in [-0.05, 0) is 41.6 Å². The molecule has 0 aliphatic heterocycles. The number of rotatable bonds is 9. The van der Waals surface area contributed by atoms with Crippen molar-refractivity contribution in [1.82, 2.24) is 9.80 Å². The van der Waals surface area contributed by atoms with Gasteiger partial charge in [-0.25, -0.2) is 4.39 Å². The quantitative estimate of drug-likeness (QED) is 0.606. The van der Waals surface area contributed by atoms with Crippen molar-refractivity contribution in [2.75, 3.05) is 13.1 Å². The summed E-state index contributed by atoms with van der Waals surface area (Å²) in [7, 11) is 0. The fourth-order valence-corrected chi connectivity index (χ4v) is 3.60. The Hall–Kier alpha value is -2.47. The van der Waals surface area contributed by atoms with Crippen LogP contribution in [0.15, 0.2) is 48.4 Å². The zero-order valence-electron chi connectivity index (χ0n) is 15.8. The van der Waals surface area contributed by atoms with Gasteiger partial charge in [0.05, 0.1) is 6.54 Å². The second-order valence-electron chi connectivity index (χ2n) is 6.32. The number of halogens is 1. The van der Waals surface area contributed by atoms with Gasteiger partial charge in [0, 0.05) is 24.4 Å². The normalized spacial score (nSPS) is 10.5. The van der Waals surface area contributed by atoms with Gasteiger partial charge in [-0.3, -0.25) is 9.59 Å². The number of aryl methyl sites for hydroxylation is 1. The summed E-state index contributed by atoms with van der Waals surface area (Å²) in [4.78, 5) is 29.4. The molecule has 144 valence electrons. The van der Waals surface area contributed by atoms with Crippen molar-refractivity contribution in [3.63, 3.8) is 0 Å². The largest absolute Gasteiger partial charge is 0.332 e. The van der Waals surface area contributed by atoms with E-state index in [0.29, 0.717) is 26.1 Å². The Morgan fingerprint density at radius 2 is 1.81 bits per heavy atom. The van der Waals surface area contributed by atoms with Crippen LogP contribution in [0.25, 0.3) is 0 Å². The summed E-state index contributed by atoms with van der Waals surface area (Å²) in [5, 5.41) is 2.00. The first-order valence-corrected chi connectivity index (χ1v) is 9.76. The third kappa shape index (κ3) is 6.03. The number of hydrogen-bond acceptors (Lipinski definition) is 3. The zero-order chi connectivity index (χ0) is 19.8. The first-order valence-electron chi connectivity index (χ1n) is 8.88. The second-order valence-corrected chi connectivity index (χ2v) is 7.32. The van der Waals surface area contributed by atoms with E-state index in [0.717, 1.165) is 16.0 Å². The maximum atomic E-state index is 13.2. The van der Waals surface area contributed by atoms with Crippen LogP contribution in [0.1, 0.15) is 29.3 Å². The summed E-state index contributed by atoms with van der Waals surface area (Å²) in [6, 6.07) is 8.15. The molecule has 0 fully saturated rings. The average molecular weight is 389 g/mol. The van der Waals surface area contributed by atoms with Gasteiger partial charge in [-0.2, -0.15) is 0 Å². The maximum Gasteiger partial charge on any atom is 0.242 e. The molecule has 1 heterocycles. The molecule has 2 aromatic rings. The van der Waals surface area contributed by atoms with Gasteiger partial charge in [0.25, 0.3) is 0 Å². The van der Waals surface area contributed by atoms with Crippen molar-refractivity contribution in [2.45, 2.75) is 33.4 Å². The van der Waals surface area contributed by atoms with Crippen LogP contribution in [0.5, 0.6) is 0 Å². The summed E-state index contributed by atoms with van der Waals surface area (Å²) in [5.74, 6) is -0.538. The van der Waals surface area contributed by atoms with E-state index in [-0.39, 0.29) is 24.2 Å². The van der Waals surface area contributed by atoms with E-state index in [9.17, 15) is 14.0 Å². The van der Waals surface area contributed by atoms with E-state index in [1.165, 1.54) is 17.0 Å². The number of thiophene rings is 1. The molecule has 2 rings (SSSR count). The molecule has 0 radical (unpaired) electrons. The molecule has 0 aliphatic carbocycles. The first-order chi connectivity index (χ1) is 12.9. The highest BCUT2D eigenvalue weighted by Gasteiger charge is 2.21. The summed E-state index contributed by atoms with van der Waals surface area (Å²) in [5.41, 5.74) is 1.97. The van der Waals surface area contributed by atoms with E-state index in [2.05, 4.69) is 6.58 Å². The predicted octanol–water partition coefficient (Wildman–Crippen LogP) is 4.15. The molecule has 0 atom stereocenters. The SMILES string of the molecule is C=CCN(CC(=O)N(Cc1ccc(F)cc1)Cc1sccc1C)C(=O)CC. The van der Waals surface area contributed by atoms with Crippen LogP contribution in [0.2, 0.25) is 0 Å². The molecule has 1 aromatic heterocycles. The molecule has 0 aliphatic rings. The number of nitrogens with zero attached hydrogens (tertiary/aromatic N) is 2. The number of benzene rings is 1. The lowest BCUT2D eigenvalue weighted by atomic mass is 10.2. The molecule has 0 saturated heterocycles. The smallest absolute Gasteiger partial charge is 0.242 e. The van der Waals surface area contributed by atoms with Crippen LogP contribution in [0.4, 0.5) is 4.39 Å². The number of carbonyl (C=O) groups excluding carboxylic acids is 2. The molecule has 27 heavy (non-hydrogen) atoms. The van der Waals surface area contributed by atoms with Crippen LogP contribution in [0, 0.1) is 12.7 Å². The van der Waals surface area contributed by atoms with E-state index < -0.39 is 0 Å². The molecule has 0 bridgehead atoms. The first kappa shape index (κ1) is 20.8. The van der Waals surface area contributed by atoms with Crippen molar-refractivity contribution in [1.29, 1.82) is 0 Å². The number of hydrogen-bond donors (Lipinski definition) is 0. The van der Waals surface area contributed by atoms with E-state index in [1.807, 2.05) is 18.4 Å². The van der Waals surface area contributed by atoms with E-state index >= 15 is 0 Å². The van der Waals surface area contributed by atoms with Crippen LogP contribution >= 0.6 is 11.3 Å². The minimum Gasteiger partial charge on any atom is -0.332 e. The minimum absolute atomic E-state index is 0.00428. The van der Waals surface area contributed by atoms with Gasteiger partial charge in [-0.15, -0.1) is 17.9 Å². The molecule has 2 amide bonds. The van der Waals surface area contributed by atoms with Crippen LogP contribution < -0.4 is 0 Å². The molecule has 0 N–H and O–H groups in total. The molecule has 4 nitrogen and oxygen atoms in total. The molecular weight excluding hydrogens is 363 g/mol. The van der Waals surface area contributed by atoms with Gasteiger partial charge in [0.1, 0.15) is 12.4 Å². The molecule has 1 aromatic carbocycles. The topological polar surface area (TPSA) is 40.6 Å². The van der Waals surface area contributed by atoms with Gasteiger partial charge in [-0.1, -0.05) is 25.1 Å². The van der Waals surface area contributed by atoms with Crippen LogP contribution in [-0.2, 0) is 22.7 Å². The molecule has 0 saturated carbocycles. The molecule has 6 heteroatoms. The molecule has 0 spiro atoms. The van der Waals surface area contributed by atoms with Crippen molar-refractivity contribution in [2.24, 2.45) is 0 Å². The Labute approximate surface area is 163 Å². The maximum absolute atomic E-state index is 13.2. The van der Waals surface area contributed by atoms with Crippen molar-refractivity contribution in [3.8, 4) is 0 Å². The summed E-state index contributed by atoms with van der Waals surface area (Å²) in [6.07, 6.45) is 1.96. The highest BCUT2D eigenvalue weighted by molar-refractivity contribution is 7.10. The Balaban J connectivity index is 2.19. The molecule has 0 unspecified atom stereocenters. The summed E-state index contributed by atoms with van der Waals surface area (Å²) in [6.45, 7) is 8.61. The van der Waals surface area contributed by atoms with Crippen molar-refractivity contribution in [3.05, 3.63) is 70.2 Å². The monoisotopic (exact) mass is 388 g/mol. The highest BCUT2D eigenvalue weighted by Crippen LogP contribution is 2.20. The van der Waals surface area contributed by atoms with Crippen LogP contribution in [0.3, 0.4) is 0 Å². The summed E-state index contributed by atoms with van der Waals surface area (Å²) >= 11 is 1.60. The van der Waals surface area contributed by atoms with Crippen molar-refractivity contribution >= 4 is 23.2 Å². The number of carbonyl (C=O) groups is 2. The van der Waals surface area contributed by atoms with E-state index in [4.69, 9.17) is 0 Å². The fourth-order valence-electron chi connectivity index (χ4n) is 2.68. The standard InChI is InChI=1S/C21H25FN2O2S/c1-4-11-23(20(25)5-2)15-21(26)24(14-19-16(3)10-12-27-19)13-17-6-8-18(22)9-7-17/h4,6-10,12H,1,5,11,13-15H2,2-3H3. The molecular formula is C21H25FN2O2S. The fraction of sp³-hybridized carbons (Fsp3) is 0.333. The Morgan fingerprint density at radius 1 is 1.11 bits per heavy atom. The summed E-state index contributed by atoms with van der Waals surface area (Å²) < 4.78 is 13.2. The predicted molar refractivity (Wildman–Crippen MR) is 107 cm³/mol. The third-order valence-electron chi connectivity index (χ3n) is 4.27. The number of amides is 2. The van der Waals surface area contributed by atoms with Crippen LogP contribution in [-0.4, -0.2) is 34.7 Å². The Morgan fingerprint density at radius 3 is 2.37 bits per heavy atom.